The van der Waals surface area contributed by atoms with Crippen molar-refractivity contribution in [1.29, 1.82) is 0 Å². The number of hydrogen-bond donors (Lipinski definition) is 0. The first-order valence-corrected chi connectivity index (χ1v) is 11.1. The van der Waals surface area contributed by atoms with Gasteiger partial charge in [0, 0.05) is 0 Å². The van der Waals surface area contributed by atoms with E-state index in [1.54, 1.807) is 6.07 Å². The molecule has 3 rings (SSSR count). The highest BCUT2D eigenvalue weighted by atomic mass is 19.2. The van der Waals surface area contributed by atoms with Crippen molar-refractivity contribution in [3.63, 3.8) is 0 Å². The summed E-state index contributed by atoms with van der Waals surface area (Å²) in [7, 11) is 0. The minimum atomic E-state index is -0.779. The van der Waals surface area contributed by atoms with Gasteiger partial charge >= 0.3 is 0 Å². The molecule has 2 heteroatoms. The van der Waals surface area contributed by atoms with Crippen molar-refractivity contribution >= 4 is 0 Å². The summed E-state index contributed by atoms with van der Waals surface area (Å²) in [4.78, 5) is 0. The molecule has 0 bridgehead atoms. The molecule has 0 aromatic heterocycles. The largest absolute Gasteiger partial charge is 0.204 e. The van der Waals surface area contributed by atoms with E-state index in [-0.39, 0.29) is 5.92 Å². The van der Waals surface area contributed by atoms with Crippen molar-refractivity contribution in [2.75, 3.05) is 0 Å². The first-order chi connectivity index (χ1) is 14.5. The monoisotopic (exact) mass is 406 g/mol. The molecule has 0 saturated carbocycles. The van der Waals surface area contributed by atoms with E-state index in [0.717, 1.165) is 31.2 Å². The van der Waals surface area contributed by atoms with Gasteiger partial charge in [-0.15, -0.1) is 0 Å². The quantitative estimate of drug-likeness (QED) is 0.335. The van der Waals surface area contributed by atoms with Crippen LogP contribution >= 0.6 is 0 Å². The summed E-state index contributed by atoms with van der Waals surface area (Å²) in [6.45, 7) is 6.59. The Hall–Kier alpha value is -2.48. The van der Waals surface area contributed by atoms with E-state index in [0.29, 0.717) is 11.8 Å². The molecule has 0 aliphatic heterocycles. The molecule has 3 atom stereocenters. The van der Waals surface area contributed by atoms with Gasteiger partial charge in [0.15, 0.2) is 11.6 Å². The van der Waals surface area contributed by atoms with Gasteiger partial charge < -0.3 is 0 Å². The highest BCUT2D eigenvalue weighted by Gasteiger charge is 2.15. The maximum Gasteiger partial charge on any atom is 0.159 e. The zero-order valence-electron chi connectivity index (χ0n) is 18.2. The molecule has 0 N–H and O–H groups in total. The normalized spacial score (nSPS) is 14.3. The predicted molar refractivity (Wildman–Crippen MR) is 122 cm³/mol. The molecular weight excluding hydrogens is 374 g/mol. The van der Waals surface area contributed by atoms with Crippen LogP contribution in [0, 0.1) is 11.6 Å². The van der Waals surface area contributed by atoms with Gasteiger partial charge in [0.25, 0.3) is 0 Å². The van der Waals surface area contributed by atoms with E-state index in [2.05, 4.69) is 75.4 Å². The molecule has 0 heterocycles. The topological polar surface area (TPSA) is 0 Å². The van der Waals surface area contributed by atoms with Crippen LogP contribution in [0.1, 0.15) is 80.0 Å². The van der Waals surface area contributed by atoms with E-state index >= 15 is 0 Å². The highest BCUT2D eigenvalue weighted by molar-refractivity contribution is 5.28. The Morgan fingerprint density at radius 1 is 0.667 bits per heavy atom. The third-order valence-corrected chi connectivity index (χ3v) is 6.32. The van der Waals surface area contributed by atoms with Crippen LogP contribution in [0.5, 0.6) is 0 Å². The first-order valence-electron chi connectivity index (χ1n) is 11.1. The summed E-state index contributed by atoms with van der Waals surface area (Å²) in [6, 6.07) is 24.0. The Labute approximate surface area is 180 Å². The molecular formula is C28H32F2. The maximum absolute atomic E-state index is 13.5. The Bertz CT molecular complexity index is 915. The third kappa shape index (κ3) is 5.78. The fourth-order valence-electron chi connectivity index (χ4n) is 4.22. The van der Waals surface area contributed by atoms with E-state index in [9.17, 15) is 8.78 Å². The lowest BCUT2D eigenvalue weighted by Gasteiger charge is -2.19. The zero-order valence-corrected chi connectivity index (χ0v) is 18.2. The summed E-state index contributed by atoms with van der Waals surface area (Å²) in [6.07, 6.45) is 4.10. The molecule has 0 aliphatic carbocycles. The molecule has 0 aliphatic rings. The van der Waals surface area contributed by atoms with Crippen molar-refractivity contribution in [3.05, 3.63) is 107 Å². The lowest BCUT2D eigenvalue weighted by molar-refractivity contribution is 0.500. The van der Waals surface area contributed by atoms with Crippen LogP contribution in [-0.4, -0.2) is 0 Å². The van der Waals surface area contributed by atoms with Crippen molar-refractivity contribution in [3.8, 4) is 0 Å². The molecule has 0 radical (unpaired) electrons. The molecule has 0 saturated heterocycles. The molecule has 0 spiro atoms. The smallest absolute Gasteiger partial charge is 0.159 e. The number of benzene rings is 3. The lowest BCUT2D eigenvalue weighted by atomic mass is 9.86. The summed E-state index contributed by atoms with van der Waals surface area (Å²) in [5.41, 5.74) is 4.97. The molecule has 30 heavy (non-hydrogen) atoms. The van der Waals surface area contributed by atoms with Gasteiger partial charge in [0.1, 0.15) is 0 Å². The maximum atomic E-state index is 13.5. The molecule has 0 amide bonds. The minimum absolute atomic E-state index is 0.208. The summed E-state index contributed by atoms with van der Waals surface area (Å²) < 4.78 is 26.7. The van der Waals surface area contributed by atoms with Crippen LogP contribution in [0.2, 0.25) is 0 Å². The number of hydrogen-bond acceptors (Lipinski definition) is 0. The van der Waals surface area contributed by atoms with Gasteiger partial charge in [-0.05, 0) is 77.8 Å². The fourth-order valence-corrected chi connectivity index (χ4v) is 4.22. The Kier molecular flexibility index (Phi) is 7.79. The second kappa shape index (κ2) is 10.5. The van der Waals surface area contributed by atoms with Crippen LogP contribution in [0.3, 0.4) is 0 Å². The van der Waals surface area contributed by atoms with Crippen LogP contribution in [0.25, 0.3) is 0 Å². The second-order valence-electron chi connectivity index (χ2n) is 8.51. The fraction of sp³-hybridized carbons (Fsp3) is 0.357. The van der Waals surface area contributed by atoms with Crippen molar-refractivity contribution in [2.45, 2.75) is 64.2 Å². The zero-order chi connectivity index (χ0) is 21.5. The Morgan fingerprint density at radius 2 is 1.33 bits per heavy atom. The van der Waals surface area contributed by atoms with Gasteiger partial charge in [-0.3, -0.25) is 0 Å². The van der Waals surface area contributed by atoms with Crippen LogP contribution in [0.4, 0.5) is 8.78 Å². The third-order valence-electron chi connectivity index (χ3n) is 6.32. The second-order valence-corrected chi connectivity index (χ2v) is 8.51. The van der Waals surface area contributed by atoms with Crippen molar-refractivity contribution in [2.24, 2.45) is 0 Å². The van der Waals surface area contributed by atoms with Crippen molar-refractivity contribution in [1.82, 2.24) is 0 Å². The van der Waals surface area contributed by atoms with Crippen LogP contribution in [0.15, 0.2) is 72.8 Å². The number of rotatable bonds is 9. The summed E-state index contributed by atoms with van der Waals surface area (Å²) in [5.74, 6) is -0.347. The summed E-state index contributed by atoms with van der Waals surface area (Å²) in [5, 5.41) is 0. The SMILES string of the molecule is CCC(CCC(C)c1ccc(F)c(F)c1)c1ccc(C[C@H](C)c2ccccc2)cc1. The molecule has 2 unspecified atom stereocenters. The van der Waals surface area contributed by atoms with Crippen LogP contribution < -0.4 is 0 Å². The van der Waals surface area contributed by atoms with E-state index in [4.69, 9.17) is 0 Å². The Morgan fingerprint density at radius 3 is 1.97 bits per heavy atom. The van der Waals surface area contributed by atoms with Gasteiger partial charge in [-0.1, -0.05) is 81.4 Å². The molecule has 3 aromatic carbocycles. The van der Waals surface area contributed by atoms with E-state index in [1.807, 2.05) is 0 Å². The minimum Gasteiger partial charge on any atom is -0.204 e. The van der Waals surface area contributed by atoms with Gasteiger partial charge in [-0.25, -0.2) is 8.78 Å². The van der Waals surface area contributed by atoms with Gasteiger partial charge in [0.05, 0.1) is 0 Å². The molecule has 0 nitrogen and oxygen atoms in total. The average Bonchev–Trinajstić information content (AvgIpc) is 2.77. The van der Waals surface area contributed by atoms with E-state index in [1.165, 1.54) is 28.8 Å². The number of halogens is 2. The molecule has 158 valence electrons. The molecule has 0 fully saturated rings. The highest BCUT2D eigenvalue weighted by Crippen LogP contribution is 2.31. The first kappa shape index (κ1) is 22.2. The lowest BCUT2D eigenvalue weighted by Crippen LogP contribution is -2.03. The van der Waals surface area contributed by atoms with Crippen LogP contribution in [-0.2, 0) is 6.42 Å². The standard InChI is InChI=1S/C28H32F2/c1-4-23(13-10-20(2)26-16-17-27(29)28(30)19-26)25-14-11-22(12-15-25)18-21(3)24-8-6-5-7-9-24/h5-9,11-12,14-17,19-21,23H,4,10,13,18H2,1-3H3/t20?,21-,23?/m0/s1. The van der Waals surface area contributed by atoms with E-state index < -0.39 is 11.6 Å². The van der Waals surface area contributed by atoms with Gasteiger partial charge in [-0.2, -0.15) is 0 Å². The van der Waals surface area contributed by atoms with Crippen molar-refractivity contribution < 1.29 is 8.78 Å². The predicted octanol–water partition coefficient (Wildman–Crippen LogP) is 8.39. The summed E-state index contributed by atoms with van der Waals surface area (Å²) >= 11 is 0. The Balaban J connectivity index is 1.59. The average molecular weight is 407 g/mol. The van der Waals surface area contributed by atoms with Gasteiger partial charge in [0.2, 0.25) is 0 Å². The molecule has 3 aromatic rings.